The van der Waals surface area contributed by atoms with E-state index < -0.39 is 0 Å². The van der Waals surface area contributed by atoms with Gasteiger partial charge in [-0.25, -0.2) is 4.79 Å². The van der Waals surface area contributed by atoms with Crippen LogP contribution in [0.4, 0.5) is 0 Å². The quantitative estimate of drug-likeness (QED) is 0.485. The summed E-state index contributed by atoms with van der Waals surface area (Å²) in [5, 5.41) is 0. The maximum atomic E-state index is 11.1. The summed E-state index contributed by atoms with van der Waals surface area (Å²) in [7, 11) is 2.94. The van der Waals surface area contributed by atoms with Crippen molar-refractivity contribution < 1.29 is 14.3 Å². The molecule has 0 aromatic heterocycles. The van der Waals surface area contributed by atoms with Gasteiger partial charge in [-0.15, -0.1) is 0 Å². The van der Waals surface area contributed by atoms with Crippen molar-refractivity contribution in [1.82, 2.24) is 0 Å². The number of carbonyl (C=O) groups excluding carboxylic acids is 1. The van der Waals surface area contributed by atoms with Gasteiger partial charge in [-0.05, 0) is 12.3 Å². The lowest BCUT2D eigenvalue weighted by Gasteiger charge is -2.05. The Morgan fingerprint density at radius 3 is 2.38 bits per heavy atom. The number of esters is 1. The van der Waals surface area contributed by atoms with Crippen LogP contribution in [0.25, 0.3) is 0 Å². The lowest BCUT2D eigenvalue weighted by molar-refractivity contribution is -0.136. The van der Waals surface area contributed by atoms with E-state index in [-0.39, 0.29) is 5.97 Å². The van der Waals surface area contributed by atoms with Crippen molar-refractivity contribution in [1.29, 1.82) is 0 Å². The summed E-state index contributed by atoms with van der Waals surface area (Å²) in [6, 6.07) is 0. The van der Waals surface area contributed by atoms with E-state index in [1.807, 2.05) is 6.08 Å². The minimum absolute atomic E-state index is 0.303. The van der Waals surface area contributed by atoms with Crippen molar-refractivity contribution in [3.8, 4) is 0 Å². The number of ether oxygens (including phenoxy) is 2. The highest BCUT2D eigenvalue weighted by Gasteiger charge is 2.08. The predicted octanol–water partition coefficient (Wildman–Crippen LogP) is 1.78. The summed E-state index contributed by atoms with van der Waals surface area (Å²) in [6.45, 7) is 4.51. The fourth-order valence-corrected chi connectivity index (χ4v) is 0.866. The Hall–Kier alpha value is -0.830. The molecule has 0 aromatic rings. The molecule has 0 amide bonds. The summed E-state index contributed by atoms with van der Waals surface area (Å²) in [6.07, 6.45) is 2.74. The zero-order valence-corrected chi connectivity index (χ0v) is 8.79. The average Bonchev–Trinajstić information content (AvgIpc) is 2.10. The Kier molecular flexibility index (Phi) is 6.24. The van der Waals surface area contributed by atoms with Gasteiger partial charge in [0.2, 0.25) is 0 Å². The highest BCUT2D eigenvalue weighted by Crippen LogP contribution is 2.06. The van der Waals surface area contributed by atoms with Gasteiger partial charge >= 0.3 is 5.97 Å². The van der Waals surface area contributed by atoms with E-state index in [1.165, 1.54) is 7.11 Å². The zero-order chi connectivity index (χ0) is 10.3. The summed E-state index contributed by atoms with van der Waals surface area (Å²) in [5.74, 6) is 0.235. The third kappa shape index (κ3) is 5.42. The Morgan fingerprint density at radius 2 is 2.00 bits per heavy atom. The normalized spacial score (nSPS) is 11.9. The molecule has 3 heteroatoms. The van der Waals surface area contributed by atoms with Crippen LogP contribution >= 0.6 is 0 Å². The van der Waals surface area contributed by atoms with Crippen LogP contribution in [-0.2, 0) is 14.3 Å². The van der Waals surface area contributed by atoms with Crippen LogP contribution in [0.15, 0.2) is 11.6 Å². The van der Waals surface area contributed by atoms with Crippen molar-refractivity contribution >= 4 is 5.97 Å². The maximum Gasteiger partial charge on any atom is 0.335 e. The Balaban J connectivity index is 4.22. The third-order valence-corrected chi connectivity index (χ3v) is 1.58. The zero-order valence-electron chi connectivity index (χ0n) is 8.79. The van der Waals surface area contributed by atoms with Gasteiger partial charge < -0.3 is 9.47 Å². The first-order chi connectivity index (χ1) is 6.11. The molecule has 0 radical (unpaired) electrons. The highest BCUT2D eigenvalue weighted by atomic mass is 16.5. The third-order valence-electron chi connectivity index (χ3n) is 1.58. The smallest absolute Gasteiger partial charge is 0.335 e. The summed E-state index contributed by atoms with van der Waals surface area (Å²) in [5.41, 5.74) is 0.596. The molecule has 0 saturated heterocycles. The van der Waals surface area contributed by atoms with Crippen LogP contribution in [0.1, 0.15) is 20.3 Å². The van der Waals surface area contributed by atoms with Crippen LogP contribution in [-0.4, -0.2) is 26.8 Å². The van der Waals surface area contributed by atoms with E-state index in [2.05, 4.69) is 18.6 Å². The minimum atomic E-state index is -0.303. The van der Waals surface area contributed by atoms with Crippen molar-refractivity contribution in [2.75, 3.05) is 20.8 Å². The molecule has 0 atom stereocenters. The van der Waals surface area contributed by atoms with Gasteiger partial charge in [-0.1, -0.05) is 19.9 Å². The van der Waals surface area contributed by atoms with E-state index in [1.54, 1.807) is 7.11 Å². The number of methoxy groups -OCH3 is 2. The van der Waals surface area contributed by atoms with Crippen molar-refractivity contribution in [2.24, 2.45) is 5.92 Å². The fourth-order valence-electron chi connectivity index (χ4n) is 0.866. The lowest BCUT2D eigenvalue weighted by Crippen LogP contribution is -2.10. The van der Waals surface area contributed by atoms with E-state index in [9.17, 15) is 4.79 Å². The second-order valence-electron chi connectivity index (χ2n) is 3.28. The topological polar surface area (TPSA) is 35.5 Å². The van der Waals surface area contributed by atoms with Gasteiger partial charge in [0, 0.05) is 7.11 Å². The molecule has 0 aliphatic rings. The molecular weight excluding hydrogens is 168 g/mol. The molecule has 0 N–H and O–H groups in total. The summed E-state index contributed by atoms with van der Waals surface area (Å²) >= 11 is 0. The van der Waals surface area contributed by atoms with Crippen LogP contribution in [0, 0.1) is 5.92 Å². The summed E-state index contributed by atoms with van der Waals surface area (Å²) in [4.78, 5) is 11.1. The van der Waals surface area contributed by atoms with E-state index in [0.717, 1.165) is 6.42 Å². The van der Waals surface area contributed by atoms with Gasteiger partial charge in [0.05, 0.1) is 19.3 Å². The van der Waals surface area contributed by atoms with Crippen LogP contribution < -0.4 is 0 Å². The molecule has 0 aliphatic carbocycles. The average molecular weight is 186 g/mol. The first-order valence-electron chi connectivity index (χ1n) is 4.38. The molecule has 0 aromatic carbocycles. The number of hydrogen-bond donors (Lipinski definition) is 0. The van der Waals surface area contributed by atoms with Crippen LogP contribution in [0.5, 0.6) is 0 Å². The van der Waals surface area contributed by atoms with E-state index >= 15 is 0 Å². The Morgan fingerprint density at radius 1 is 1.38 bits per heavy atom. The molecule has 76 valence electrons. The Bertz CT molecular complexity index is 183. The SMILES string of the molecule is COCC(=CCC(C)C)C(=O)OC. The molecule has 0 bridgehead atoms. The molecule has 13 heavy (non-hydrogen) atoms. The highest BCUT2D eigenvalue weighted by molar-refractivity contribution is 5.88. The number of hydrogen-bond acceptors (Lipinski definition) is 3. The predicted molar refractivity (Wildman–Crippen MR) is 51.4 cm³/mol. The number of allylic oxidation sites excluding steroid dienone is 1. The van der Waals surface area contributed by atoms with Crippen LogP contribution in [0.2, 0.25) is 0 Å². The molecule has 0 fully saturated rings. The monoisotopic (exact) mass is 186 g/mol. The standard InChI is InChI=1S/C10H18O3/c1-8(2)5-6-9(7-12-3)10(11)13-4/h6,8H,5,7H2,1-4H3. The molecule has 0 aliphatic heterocycles. The first kappa shape index (κ1) is 12.2. The summed E-state index contributed by atoms with van der Waals surface area (Å²) < 4.78 is 9.50. The van der Waals surface area contributed by atoms with Gasteiger partial charge in [-0.3, -0.25) is 0 Å². The van der Waals surface area contributed by atoms with Gasteiger partial charge in [0.15, 0.2) is 0 Å². The van der Waals surface area contributed by atoms with E-state index in [0.29, 0.717) is 18.1 Å². The first-order valence-corrected chi connectivity index (χ1v) is 4.38. The molecule has 0 spiro atoms. The molecule has 0 heterocycles. The largest absolute Gasteiger partial charge is 0.466 e. The molecular formula is C10H18O3. The van der Waals surface area contributed by atoms with Gasteiger partial charge in [-0.2, -0.15) is 0 Å². The van der Waals surface area contributed by atoms with Crippen molar-refractivity contribution in [2.45, 2.75) is 20.3 Å². The minimum Gasteiger partial charge on any atom is -0.466 e. The van der Waals surface area contributed by atoms with E-state index in [4.69, 9.17) is 4.74 Å². The molecule has 3 nitrogen and oxygen atoms in total. The molecule has 0 unspecified atom stereocenters. The second kappa shape index (κ2) is 6.66. The second-order valence-corrected chi connectivity index (χ2v) is 3.28. The fraction of sp³-hybridized carbons (Fsp3) is 0.700. The molecule has 0 rings (SSSR count). The van der Waals surface area contributed by atoms with Crippen LogP contribution in [0.3, 0.4) is 0 Å². The van der Waals surface area contributed by atoms with Crippen molar-refractivity contribution in [3.05, 3.63) is 11.6 Å². The van der Waals surface area contributed by atoms with Gasteiger partial charge in [0.25, 0.3) is 0 Å². The van der Waals surface area contributed by atoms with Gasteiger partial charge in [0.1, 0.15) is 0 Å². The maximum absolute atomic E-state index is 11.1. The lowest BCUT2D eigenvalue weighted by atomic mass is 10.1. The van der Waals surface area contributed by atoms with Crippen molar-refractivity contribution in [3.63, 3.8) is 0 Å². The Labute approximate surface area is 79.7 Å². The number of carbonyl (C=O) groups is 1. The number of rotatable bonds is 5. The molecule has 0 saturated carbocycles.